The van der Waals surface area contributed by atoms with E-state index >= 15 is 0 Å². The van der Waals surface area contributed by atoms with E-state index in [4.69, 9.17) is 0 Å². The zero-order valence-corrected chi connectivity index (χ0v) is 12.3. The Balaban J connectivity index is 2.02. The molecule has 1 aliphatic carbocycles. The van der Waals surface area contributed by atoms with E-state index in [9.17, 15) is 19.8 Å². The number of carboxylic acids is 1. The van der Waals surface area contributed by atoms with Crippen LogP contribution in [0.25, 0.3) is 0 Å². The topological polar surface area (TPSA) is 77.8 Å². The van der Waals surface area contributed by atoms with Crippen LogP contribution in [-0.2, 0) is 9.59 Å². The first-order valence-electron chi connectivity index (χ1n) is 7.58. The van der Waals surface area contributed by atoms with Crippen molar-refractivity contribution in [1.82, 2.24) is 4.90 Å². The van der Waals surface area contributed by atoms with Crippen molar-refractivity contribution in [3.8, 4) is 0 Å². The molecule has 5 heteroatoms. The molecule has 0 spiro atoms. The molecule has 114 valence electrons. The first-order chi connectivity index (χ1) is 9.34. The number of likely N-dealkylation sites (tertiary alicyclic amines) is 1. The van der Waals surface area contributed by atoms with Crippen LogP contribution in [0, 0.1) is 17.8 Å². The van der Waals surface area contributed by atoms with Crippen LogP contribution in [-0.4, -0.2) is 45.7 Å². The molecule has 0 radical (unpaired) electrons. The number of hydrogen-bond acceptors (Lipinski definition) is 3. The lowest BCUT2D eigenvalue weighted by molar-refractivity contribution is -0.150. The fraction of sp³-hybridized carbons (Fsp3) is 0.867. The molecular formula is C15H25NO4. The summed E-state index contributed by atoms with van der Waals surface area (Å²) >= 11 is 0. The van der Waals surface area contributed by atoms with Gasteiger partial charge in [-0.3, -0.25) is 9.59 Å². The molecule has 2 rings (SSSR count). The minimum absolute atomic E-state index is 0.0242. The monoisotopic (exact) mass is 283 g/mol. The third-order valence-corrected chi connectivity index (χ3v) is 5.02. The van der Waals surface area contributed by atoms with Gasteiger partial charge in [-0.1, -0.05) is 13.3 Å². The standard InChI is InChI=1S/C15H25NO4/c1-3-10-8-11(12(9-10)14(18)19)13(17)16-6-4-15(2,20)5-7-16/h10-12,20H,3-9H2,1-2H3,(H,18,19)/t10?,11-,12+/m0/s1. The second kappa shape index (κ2) is 5.72. The molecule has 2 N–H and O–H groups in total. The fourth-order valence-electron chi connectivity index (χ4n) is 3.47. The van der Waals surface area contributed by atoms with Crippen molar-refractivity contribution < 1.29 is 19.8 Å². The molecule has 1 aliphatic heterocycles. The zero-order valence-electron chi connectivity index (χ0n) is 12.3. The van der Waals surface area contributed by atoms with Gasteiger partial charge in [0, 0.05) is 13.1 Å². The summed E-state index contributed by atoms with van der Waals surface area (Å²) in [6.45, 7) is 4.91. The van der Waals surface area contributed by atoms with Gasteiger partial charge in [0.2, 0.25) is 5.91 Å². The Labute approximate surface area is 120 Å². The number of carbonyl (C=O) groups is 2. The second-order valence-corrected chi connectivity index (χ2v) is 6.62. The molecule has 1 saturated carbocycles. The molecular weight excluding hydrogens is 258 g/mol. The van der Waals surface area contributed by atoms with E-state index in [1.807, 2.05) is 0 Å². The van der Waals surface area contributed by atoms with E-state index in [1.54, 1.807) is 11.8 Å². The van der Waals surface area contributed by atoms with Crippen molar-refractivity contribution in [2.75, 3.05) is 13.1 Å². The minimum Gasteiger partial charge on any atom is -0.481 e. The number of carboxylic acid groups (broad SMARTS) is 1. The van der Waals surface area contributed by atoms with Gasteiger partial charge in [0.1, 0.15) is 0 Å². The van der Waals surface area contributed by atoms with Gasteiger partial charge in [-0.05, 0) is 38.5 Å². The zero-order chi connectivity index (χ0) is 14.9. The molecule has 2 aliphatic rings. The highest BCUT2D eigenvalue weighted by molar-refractivity contribution is 5.85. The van der Waals surface area contributed by atoms with Crippen LogP contribution in [0.15, 0.2) is 0 Å². The summed E-state index contributed by atoms with van der Waals surface area (Å²) in [5.74, 6) is -1.43. The van der Waals surface area contributed by atoms with Crippen molar-refractivity contribution in [1.29, 1.82) is 0 Å². The Morgan fingerprint density at radius 3 is 2.25 bits per heavy atom. The van der Waals surface area contributed by atoms with Crippen molar-refractivity contribution in [2.24, 2.45) is 17.8 Å². The number of rotatable bonds is 3. The summed E-state index contributed by atoms with van der Waals surface area (Å²) in [5.41, 5.74) is -0.690. The van der Waals surface area contributed by atoms with Gasteiger partial charge in [-0.2, -0.15) is 0 Å². The highest BCUT2D eigenvalue weighted by Crippen LogP contribution is 2.40. The Morgan fingerprint density at radius 2 is 1.75 bits per heavy atom. The third kappa shape index (κ3) is 3.14. The number of hydrogen-bond donors (Lipinski definition) is 2. The van der Waals surface area contributed by atoms with E-state index in [1.165, 1.54) is 0 Å². The van der Waals surface area contributed by atoms with Gasteiger partial charge in [-0.25, -0.2) is 0 Å². The molecule has 1 amide bonds. The SMILES string of the molecule is CCC1C[C@H](C(=O)N2CCC(C)(O)CC2)[C@H](C(=O)O)C1. The maximum absolute atomic E-state index is 12.6. The Bertz CT molecular complexity index is 383. The van der Waals surface area contributed by atoms with Crippen LogP contribution < -0.4 is 0 Å². The van der Waals surface area contributed by atoms with E-state index in [2.05, 4.69) is 6.92 Å². The molecule has 3 atom stereocenters. The van der Waals surface area contributed by atoms with Gasteiger partial charge in [0.15, 0.2) is 0 Å². The van der Waals surface area contributed by atoms with Gasteiger partial charge >= 0.3 is 5.97 Å². The minimum atomic E-state index is -0.844. The van der Waals surface area contributed by atoms with Crippen LogP contribution in [0.2, 0.25) is 0 Å². The van der Waals surface area contributed by atoms with Crippen LogP contribution in [0.3, 0.4) is 0 Å². The summed E-state index contributed by atoms with van der Waals surface area (Å²) in [4.78, 5) is 25.7. The van der Waals surface area contributed by atoms with E-state index < -0.39 is 17.5 Å². The molecule has 2 fully saturated rings. The first kappa shape index (κ1) is 15.3. The van der Waals surface area contributed by atoms with Gasteiger partial charge in [0.25, 0.3) is 0 Å². The lowest BCUT2D eigenvalue weighted by Gasteiger charge is -2.37. The molecule has 5 nitrogen and oxygen atoms in total. The van der Waals surface area contributed by atoms with Crippen LogP contribution >= 0.6 is 0 Å². The number of aliphatic carboxylic acids is 1. The number of aliphatic hydroxyl groups is 1. The molecule has 1 saturated heterocycles. The molecule has 1 unspecified atom stereocenters. The highest BCUT2D eigenvalue weighted by Gasteiger charge is 2.44. The van der Waals surface area contributed by atoms with Crippen molar-refractivity contribution >= 4 is 11.9 Å². The normalized spacial score (nSPS) is 33.1. The van der Waals surface area contributed by atoms with Gasteiger partial charge < -0.3 is 15.1 Å². The van der Waals surface area contributed by atoms with Crippen LogP contribution in [0.1, 0.15) is 46.0 Å². The molecule has 0 aromatic heterocycles. The molecule has 1 heterocycles. The summed E-state index contributed by atoms with van der Waals surface area (Å²) < 4.78 is 0. The number of piperidine rings is 1. The molecule has 0 bridgehead atoms. The Morgan fingerprint density at radius 1 is 1.20 bits per heavy atom. The quantitative estimate of drug-likeness (QED) is 0.822. The maximum atomic E-state index is 12.6. The predicted molar refractivity (Wildman–Crippen MR) is 74.1 cm³/mol. The van der Waals surface area contributed by atoms with Crippen LogP contribution in [0.5, 0.6) is 0 Å². The Hall–Kier alpha value is -1.10. The highest BCUT2D eigenvalue weighted by atomic mass is 16.4. The van der Waals surface area contributed by atoms with Gasteiger partial charge in [-0.15, -0.1) is 0 Å². The van der Waals surface area contributed by atoms with Crippen LogP contribution in [0.4, 0.5) is 0 Å². The maximum Gasteiger partial charge on any atom is 0.307 e. The predicted octanol–water partition coefficient (Wildman–Crippen LogP) is 1.50. The fourth-order valence-corrected chi connectivity index (χ4v) is 3.47. The third-order valence-electron chi connectivity index (χ3n) is 5.02. The first-order valence-corrected chi connectivity index (χ1v) is 7.58. The average molecular weight is 283 g/mol. The summed E-state index contributed by atoms with van der Waals surface area (Å²) in [5, 5.41) is 19.2. The summed E-state index contributed by atoms with van der Waals surface area (Å²) in [6, 6.07) is 0. The second-order valence-electron chi connectivity index (χ2n) is 6.62. The lowest BCUT2D eigenvalue weighted by Crippen LogP contribution is -2.48. The van der Waals surface area contributed by atoms with Crippen molar-refractivity contribution in [3.63, 3.8) is 0 Å². The Kier molecular flexibility index (Phi) is 4.37. The number of nitrogens with zero attached hydrogens (tertiary/aromatic N) is 1. The van der Waals surface area contributed by atoms with E-state index in [-0.39, 0.29) is 11.8 Å². The summed E-state index contributed by atoms with van der Waals surface area (Å²) in [7, 11) is 0. The van der Waals surface area contributed by atoms with E-state index in [0.29, 0.717) is 44.7 Å². The average Bonchev–Trinajstić information content (AvgIpc) is 2.82. The number of amides is 1. The molecule has 0 aromatic rings. The van der Waals surface area contributed by atoms with Gasteiger partial charge in [0.05, 0.1) is 17.4 Å². The smallest absolute Gasteiger partial charge is 0.307 e. The summed E-state index contributed by atoms with van der Waals surface area (Å²) in [6.07, 6.45) is 3.38. The van der Waals surface area contributed by atoms with Crippen molar-refractivity contribution in [2.45, 2.75) is 51.6 Å². The molecule has 0 aromatic carbocycles. The molecule has 20 heavy (non-hydrogen) atoms. The largest absolute Gasteiger partial charge is 0.481 e. The number of carbonyl (C=O) groups excluding carboxylic acids is 1. The van der Waals surface area contributed by atoms with Crippen molar-refractivity contribution in [3.05, 3.63) is 0 Å². The van der Waals surface area contributed by atoms with E-state index in [0.717, 1.165) is 6.42 Å². The lowest BCUT2D eigenvalue weighted by atomic mass is 9.90.